The Morgan fingerprint density at radius 1 is 1.29 bits per heavy atom. The van der Waals surface area contributed by atoms with Crippen LogP contribution in [0.5, 0.6) is 0 Å². The molecule has 1 aliphatic carbocycles. The lowest BCUT2D eigenvalue weighted by Gasteiger charge is -2.31. The maximum atomic E-state index is 11.0. The Bertz CT molecular complexity index is 751. The Morgan fingerprint density at radius 2 is 2.08 bits per heavy atom. The number of hydrogen-bond donors (Lipinski definition) is 2. The second kappa shape index (κ2) is 6.64. The number of piperidine rings is 1. The van der Waals surface area contributed by atoms with Crippen molar-refractivity contribution in [2.24, 2.45) is 5.73 Å². The minimum Gasteiger partial charge on any atom is -0.369 e. The van der Waals surface area contributed by atoms with Crippen molar-refractivity contribution in [3.05, 3.63) is 16.8 Å². The average Bonchev–Trinajstić information content (AvgIpc) is 2.96. The first-order valence-corrected chi connectivity index (χ1v) is 9.55. The Morgan fingerprint density at radius 3 is 2.88 bits per heavy atom. The van der Waals surface area contributed by atoms with Crippen molar-refractivity contribution >= 4 is 33.3 Å². The van der Waals surface area contributed by atoms with Crippen molar-refractivity contribution in [1.29, 1.82) is 0 Å². The number of fused-ring (bicyclic) bond motifs is 3. The van der Waals surface area contributed by atoms with Crippen LogP contribution in [0.4, 0.5) is 5.82 Å². The van der Waals surface area contributed by atoms with Gasteiger partial charge in [0.25, 0.3) is 0 Å². The van der Waals surface area contributed by atoms with Crippen LogP contribution in [0, 0.1) is 0 Å². The van der Waals surface area contributed by atoms with Gasteiger partial charge in [-0.2, -0.15) is 0 Å². The molecule has 2 aromatic rings. The van der Waals surface area contributed by atoms with Crippen molar-refractivity contribution in [3.8, 4) is 0 Å². The molecule has 3 N–H and O–H groups in total. The molecular weight excluding hydrogens is 322 g/mol. The van der Waals surface area contributed by atoms with Gasteiger partial charge in [0.2, 0.25) is 5.91 Å². The van der Waals surface area contributed by atoms with Gasteiger partial charge in [-0.25, -0.2) is 9.97 Å². The fraction of sp³-hybridized carbons (Fsp3) is 0.588. The second-order valence-electron chi connectivity index (χ2n) is 6.77. The van der Waals surface area contributed by atoms with Crippen LogP contribution in [-0.2, 0) is 17.6 Å². The van der Waals surface area contributed by atoms with Crippen molar-refractivity contribution in [3.63, 3.8) is 0 Å². The SMILES string of the molecule is NC(=O)CN1CCC(Nc2ncnc3sc4c(c23)CCCC4)CC1. The van der Waals surface area contributed by atoms with E-state index in [1.807, 2.05) is 11.3 Å². The molecule has 2 aromatic heterocycles. The zero-order valence-corrected chi connectivity index (χ0v) is 14.6. The molecular formula is C17H23N5OS. The number of thiophene rings is 1. The highest BCUT2D eigenvalue weighted by molar-refractivity contribution is 7.19. The summed E-state index contributed by atoms with van der Waals surface area (Å²) < 4.78 is 0. The molecule has 0 spiro atoms. The molecule has 0 atom stereocenters. The number of primary amides is 1. The van der Waals surface area contributed by atoms with Crippen LogP contribution in [0.25, 0.3) is 10.2 Å². The van der Waals surface area contributed by atoms with E-state index in [0.29, 0.717) is 12.6 Å². The van der Waals surface area contributed by atoms with Gasteiger partial charge in [0.05, 0.1) is 11.9 Å². The first kappa shape index (κ1) is 15.8. The quantitative estimate of drug-likeness (QED) is 0.884. The van der Waals surface area contributed by atoms with Crippen molar-refractivity contribution in [2.45, 2.75) is 44.6 Å². The van der Waals surface area contributed by atoms with Gasteiger partial charge in [-0.3, -0.25) is 9.69 Å². The van der Waals surface area contributed by atoms with Crippen molar-refractivity contribution < 1.29 is 4.79 Å². The number of hydrogen-bond acceptors (Lipinski definition) is 6. The third-order valence-corrected chi connectivity index (χ3v) is 6.26. The Balaban J connectivity index is 1.51. The summed E-state index contributed by atoms with van der Waals surface area (Å²) in [5, 5.41) is 4.89. The number of aryl methyl sites for hydroxylation is 2. The lowest BCUT2D eigenvalue weighted by Crippen LogP contribution is -2.43. The maximum Gasteiger partial charge on any atom is 0.231 e. The highest BCUT2D eigenvalue weighted by Gasteiger charge is 2.23. The molecule has 1 amide bonds. The molecule has 0 bridgehead atoms. The van der Waals surface area contributed by atoms with Crippen molar-refractivity contribution in [2.75, 3.05) is 25.0 Å². The van der Waals surface area contributed by atoms with Gasteiger partial charge in [-0.15, -0.1) is 11.3 Å². The average molecular weight is 345 g/mol. The van der Waals surface area contributed by atoms with E-state index in [2.05, 4.69) is 20.2 Å². The monoisotopic (exact) mass is 345 g/mol. The predicted octanol–water partition coefficient (Wildman–Crippen LogP) is 1.93. The van der Waals surface area contributed by atoms with Gasteiger partial charge in [0.1, 0.15) is 17.0 Å². The molecule has 128 valence electrons. The number of nitrogens with zero attached hydrogens (tertiary/aromatic N) is 3. The Hall–Kier alpha value is -1.73. The lowest BCUT2D eigenvalue weighted by atomic mass is 9.96. The Labute approximate surface area is 145 Å². The highest BCUT2D eigenvalue weighted by atomic mass is 32.1. The molecule has 1 aliphatic heterocycles. The summed E-state index contributed by atoms with van der Waals surface area (Å²) in [7, 11) is 0. The fourth-order valence-electron chi connectivity index (χ4n) is 3.85. The number of nitrogens with one attached hydrogen (secondary N) is 1. The molecule has 4 rings (SSSR count). The van der Waals surface area contributed by atoms with E-state index in [0.717, 1.165) is 43.0 Å². The van der Waals surface area contributed by atoms with E-state index in [-0.39, 0.29) is 5.91 Å². The molecule has 24 heavy (non-hydrogen) atoms. The summed E-state index contributed by atoms with van der Waals surface area (Å²) in [6, 6.07) is 0.395. The number of nitrogens with two attached hydrogens (primary N) is 1. The molecule has 0 radical (unpaired) electrons. The molecule has 7 heteroatoms. The fourth-order valence-corrected chi connectivity index (χ4v) is 5.08. The summed E-state index contributed by atoms with van der Waals surface area (Å²) >= 11 is 1.83. The number of rotatable bonds is 4. The van der Waals surface area contributed by atoms with Gasteiger partial charge in [0.15, 0.2) is 0 Å². The molecule has 6 nitrogen and oxygen atoms in total. The van der Waals surface area contributed by atoms with E-state index < -0.39 is 0 Å². The standard InChI is InChI=1S/C17H23N5OS/c18-14(23)9-22-7-5-11(6-8-22)21-16-15-12-3-1-2-4-13(12)24-17(15)20-10-19-16/h10-11H,1-9H2,(H2,18,23)(H,19,20,21). The number of aromatic nitrogens is 2. The zero-order chi connectivity index (χ0) is 16.5. The van der Waals surface area contributed by atoms with Crippen LogP contribution >= 0.6 is 11.3 Å². The molecule has 1 saturated heterocycles. The van der Waals surface area contributed by atoms with Crippen LogP contribution in [0.1, 0.15) is 36.1 Å². The van der Waals surface area contributed by atoms with Gasteiger partial charge < -0.3 is 11.1 Å². The number of carbonyl (C=O) groups is 1. The minimum absolute atomic E-state index is 0.246. The van der Waals surface area contributed by atoms with Crippen LogP contribution in [0.15, 0.2) is 6.33 Å². The van der Waals surface area contributed by atoms with Crippen LogP contribution < -0.4 is 11.1 Å². The summed E-state index contributed by atoms with van der Waals surface area (Å²) in [5.74, 6) is 0.747. The van der Waals surface area contributed by atoms with Gasteiger partial charge in [-0.05, 0) is 44.1 Å². The second-order valence-corrected chi connectivity index (χ2v) is 7.86. The molecule has 3 heterocycles. The third kappa shape index (κ3) is 3.10. The molecule has 2 aliphatic rings. The Kier molecular flexibility index (Phi) is 4.37. The summed E-state index contributed by atoms with van der Waals surface area (Å²) in [4.78, 5) is 24.8. The van der Waals surface area contributed by atoms with E-state index in [1.54, 1.807) is 6.33 Å². The topological polar surface area (TPSA) is 84.1 Å². The van der Waals surface area contributed by atoms with Crippen molar-refractivity contribution in [1.82, 2.24) is 14.9 Å². The van der Waals surface area contributed by atoms with E-state index in [9.17, 15) is 4.79 Å². The summed E-state index contributed by atoms with van der Waals surface area (Å²) in [5.41, 5.74) is 6.75. The molecule has 0 unspecified atom stereocenters. The summed E-state index contributed by atoms with van der Waals surface area (Å²) in [6.45, 7) is 2.16. The van der Waals surface area contributed by atoms with Gasteiger partial charge in [0, 0.05) is 24.0 Å². The maximum absolute atomic E-state index is 11.0. The lowest BCUT2D eigenvalue weighted by molar-refractivity contribution is -0.119. The zero-order valence-electron chi connectivity index (χ0n) is 13.8. The number of likely N-dealkylation sites (tertiary alicyclic amines) is 1. The molecule has 0 aromatic carbocycles. The largest absolute Gasteiger partial charge is 0.369 e. The van der Waals surface area contributed by atoms with E-state index in [1.165, 1.54) is 35.1 Å². The number of carbonyl (C=O) groups excluding carboxylic acids is 1. The number of anilines is 1. The van der Waals surface area contributed by atoms with Gasteiger partial charge >= 0.3 is 0 Å². The van der Waals surface area contributed by atoms with Crippen LogP contribution in [0.3, 0.4) is 0 Å². The van der Waals surface area contributed by atoms with Crippen LogP contribution in [0.2, 0.25) is 0 Å². The smallest absolute Gasteiger partial charge is 0.231 e. The first-order chi connectivity index (χ1) is 11.7. The first-order valence-electron chi connectivity index (χ1n) is 8.73. The molecule has 0 saturated carbocycles. The van der Waals surface area contributed by atoms with E-state index in [4.69, 9.17) is 5.73 Å². The highest BCUT2D eigenvalue weighted by Crippen LogP contribution is 2.38. The van der Waals surface area contributed by atoms with Gasteiger partial charge in [-0.1, -0.05) is 0 Å². The predicted molar refractivity (Wildman–Crippen MR) is 96.3 cm³/mol. The molecule has 1 fully saturated rings. The third-order valence-electron chi connectivity index (χ3n) is 5.06. The van der Waals surface area contributed by atoms with Crippen LogP contribution in [-0.4, -0.2) is 46.5 Å². The number of amides is 1. The normalized spacial score (nSPS) is 19.3. The minimum atomic E-state index is -0.246. The summed E-state index contributed by atoms with van der Waals surface area (Å²) in [6.07, 6.45) is 8.56. The van der Waals surface area contributed by atoms with E-state index >= 15 is 0 Å².